The molecule has 0 saturated carbocycles. The van der Waals surface area contributed by atoms with Crippen LogP contribution in [0.5, 0.6) is 5.75 Å². The van der Waals surface area contributed by atoms with Crippen molar-refractivity contribution in [2.24, 2.45) is 0 Å². The minimum Gasteiger partial charge on any atom is -0.405 e. The molecule has 0 unspecified atom stereocenters. The highest BCUT2D eigenvalue weighted by Crippen LogP contribution is 2.34. The van der Waals surface area contributed by atoms with Gasteiger partial charge in [-0.1, -0.05) is 18.2 Å². The average molecular weight is 269 g/mol. The van der Waals surface area contributed by atoms with Gasteiger partial charge in [0.05, 0.1) is 12.3 Å². The number of aromatic nitrogens is 1. The molecule has 0 bridgehead atoms. The first-order valence-electron chi connectivity index (χ1n) is 5.41. The highest BCUT2D eigenvalue weighted by atomic mass is 19.4. The fourth-order valence-corrected chi connectivity index (χ4v) is 1.68. The van der Waals surface area contributed by atoms with E-state index in [1.54, 1.807) is 18.2 Å². The normalized spacial score (nSPS) is 11.4. The number of aliphatic hydroxyl groups excluding tert-OH is 1. The number of benzene rings is 1. The highest BCUT2D eigenvalue weighted by molar-refractivity contribution is 5.69. The molecule has 1 N–H and O–H groups in total. The van der Waals surface area contributed by atoms with Crippen LogP contribution in [0.25, 0.3) is 11.3 Å². The molecule has 0 aliphatic rings. The van der Waals surface area contributed by atoms with Gasteiger partial charge in [0.15, 0.2) is 0 Å². The molecule has 1 aromatic carbocycles. The number of rotatable bonds is 3. The molecule has 0 aliphatic carbocycles. The number of aliphatic hydroxyl groups is 1. The van der Waals surface area contributed by atoms with Crippen molar-refractivity contribution in [1.82, 2.24) is 4.98 Å². The average Bonchev–Trinajstić information content (AvgIpc) is 2.37. The quantitative estimate of drug-likeness (QED) is 0.930. The zero-order valence-corrected chi connectivity index (χ0v) is 9.69. The van der Waals surface area contributed by atoms with Crippen molar-refractivity contribution in [2.45, 2.75) is 13.0 Å². The lowest BCUT2D eigenvalue weighted by molar-refractivity contribution is -0.274. The maximum absolute atomic E-state index is 12.3. The van der Waals surface area contributed by atoms with Crippen LogP contribution in [0, 0.1) is 0 Å². The van der Waals surface area contributed by atoms with Crippen molar-refractivity contribution in [3.05, 3.63) is 48.2 Å². The van der Waals surface area contributed by atoms with Crippen LogP contribution in [0.15, 0.2) is 42.6 Å². The molecule has 1 aromatic heterocycles. The molecular formula is C13H10F3NO2. The van der Waals surface area contributed by atoms with Gasteiger partial charge in [-0.15, -0.1) is 13.2 Å². The zero-order valence-electron chi connectivity index (χ0n) is 9.69. The molecule has 0 aliphatic heterocycles. The summed E-state index contributed by atoms with van der Waals surface area (Å²) in [5, 5.41) is 9.20. The largest absolute Gasteiger partial charge is 0.573 e. The van der Waals surface area contributed by atoms with Crippen molar-refractivity contribution >= 4 is 0 Å². The number of pyridine rings is 1. The number of hydrogen-bond donors (Lipinski definition) is 1. The zero-order chi connectivity index (χ0) is 13.9. The predicted molar refractivity (Wildman–Crippen MR) is 62.3 cm³/mol. The van der Waals surface area contributed by atoms with Gasteiger partial charge in [0, 0.05) is 17.3 Å². The van der Waals surface area contributed by atoms with E-state index in [0.717, 1.165) is 0 Å². The van der Waals surface area contributed by atoms with Crippen LogP contribution in [0.3, 0.4) is 0 Å². The Morgan fingerprint density at radius 2 is 1.84 bits per heavy atom. The van der Waals surface area contributed by atoms with E-state index in [-0.39, 0.29) is 23.6 Å². The van der Waals surface area contributed by atoms with E-state index in [2.05, 4.69) is 9.72 Å². The monoisotopic (exact) mass is 269 g/mol. The van der Waals surface area contributed by atoms with Crippen LogP contribution in [-0.2, 0) is 6.61 Å². The lowest BCUT2D eigenvalue weighted by Crippen LogP contribution is -2.17. The van der Waals surface area contributed by atoms with E-state index in [9.17, 15) is 18.3 Å². The SMILES string of the molecule is OCc1cccnc1-c1ccccc1OC(F)(F)F. The van der Waals surface area contributed by atoms with Crippen LogP contribution < -0.4 is 4.74 Å². The second kappa shape index (κ2) is 5.27. The molecule has 1 heterocycles. The first kappa shape index (κ1) is 13.4. The van der Waals surface area contributed by atoms with Crippen molar-refractivity contribution in [1.29, 1.82) is 0 Å². The molecule has 3 nitrogen and oxygen atoms in total. The molecule has 2 aromatic rings. The van der Waals surface area contributed by atoms with E-state index >= 15 is 0 Å². The molecule has 0 spiro atoms. The van der Waals surface area contributed by atoms with Gasteiger partial charge in [-0.2, -0.15) is 0 Å². The Kier molecular flexibility index (Phi) is 3.71. The third-order valence-electron chi connectivity index (χ3n) is 2.43. The summed E-state index contributed by atoms with van der Waals surface area (Å²) < 4.78 is 40.9. The molecule has 2 rings (SSSR count). The van der Waals surface area contributed by atoms with Crippen LogP contribution in [-0.4, -0.2) is 16.5 Å². The summed E-state index contributed by atoms with van der Waals surface area (Å²) in [5.41, 5.74) is 0.884. The Bertz CT molecular complexity index is 570. The first-order chi connectivity index (χ1) is 9.01. The molecule has 0 radical (unpaired) electrons. The minimum absolute atomic E-state index is 0.185. The van der Waals surface area contributed by atoms with Gasteiger partial charge in [-0.05, 0) is 18.2 Å². The summed E-state index contributed by atoms with van der Waals surface area (Å²) in [7, 11) is 0. The Labute approximate surface area is 107 Å². The van der Waals surface area contributed by atoms with Crippen molar-refractivity contribution < 1.29 is 23.0 Å². The number of alkyl halides is 3. The van der Waals surface area contributed by atoms with Gasteiger partial charge in [0.1, 0.15) is 5.75 Å². The van der Waals surface area contributed by atoms with Gasteiger partial charge in [0.25, 0.3) is 0 Å². The third-order valence-corrected chi connectivity index (χ3v) is 2.43. The maximum Gasteiger partial charge on any atom is 0.573 e. The summed E-state index contributed by atoms with van der Waals surface area (Å²) in [6.45, 7) is -0.316. The topological polar surface area (TPSA) is 42.4 Å². The third kappa shape index (κ3) is 3.23. The van der Waals surface area contributed by atoms with Crippen molar-refractivity contribution in [2.75, 3.05) is 0 Å². The van der Waals surface area contributed by atoms with Crippen molar-refractivity contribution in [3.63, 3.8) is 0 Å². The standard InChI is InChI=1S/C13H10F3NO2/c14-13(15,16)19-11-6-2-1-5-10(11)12-9(8-18)4-3-7-17-12/h1-7,18H,8H2. The molecular weight excluding hydrogens is 259 g/mol. The maximum atomic E-state index is 12.3. The fraction of sp³-hybridized carbons (Fsp3) is 0.154. The lowest BCUT2D eigenvalue weighted by Gasteiger charge is -2.14. The summed E-state index contributed by atoms with van der Waals surface area (Å²) in [4.78, 5) is 4.00. The van der Waals surface area contributed by atoms with Gasteiger partial charge >= 0.3 is 6.36 Å². The van der Waals surface area contributed by atoms with Gasteiger partial charge in [-0.25, -0.2) is 0 Å². The minimum atomic E-state index is -4.77. The van der Waals surface area contributed by atoms with Crippen LogP contribution in [0.2, 0.25) is 0 Å². The molecule has 6 heteroatoms. The summed E-state index contributed by atoms with van der Waals surface area (Å²) in [5.74, 6) is -0.344. The molecule has 100 valence electrons. The Balaban J connectivity index is 2.50. The first-order valence-corrected chi connectivity index (χ1v) is 5.41. The lowest BCUT2D eigenvalue weighted by atomic mass is 10.1. The van der Waals surface area contributed by atoms with E-state index in [0.29, 0.717) is 5.56 Å². The van der Waals surface area contributed by atoms with Crippen molar-refractivity contribution in [3.8, 4) is 17.0 Å². The van der Waals surface area contributed by atoms with Crippen LogP contribution in [0.4, 0.5) is 13.2 Å². The molecule has 0 fully saturated rings. The van der Waals surface area contributed by atoms with E-state index in [1.807, 2.05) is 0 Å². The highest BCUT2D eigenvalue weighted by Gasteiger charge is 2.32. The summed E-state index contributed by atoms with van der Waals surface area (Å²) in [6, 6.07) is 8.87. The fourth-order valence-electron chi connectivity index (χ4n) is 1.68. The van der Waals surface area contributed by atoms with Gasteiger partial charge < -0.3 is 9.84 Å². The number of para-hydroxylation sites is 1. The van der Waals surface area contributed by atoms with E-state index < -0.39 is 6.36 Å². The second-order valence-corrected chi connectivity index (χ2v) is 3.71. The number of hydrogen-bond acceptors (Lipinski definition) is 3. The number of halogens is 3. The Morgan fingerprint density at radius 3 is 2.53 bits per heavy atom. The predicted octanol–water partition coefficient (Wildman–Crippen LogP) is 3.14. The van der Waals surface area contributed by atoms with E-state index in [1.165, 1.54) is 24.4 Å². The Hall–Kier alpha value is -2.08. The smallest absolute Gasteiger partial charge is 0.405 e. The molecule has 19 heavy (non-hydrogen) atoms. The Morgan fingerprint density at radius 1 is 1.11 bits per heavy atom. The summed E-state index contributed by atoms with van der Waals surface area (Å²) >= 11 is 0. The second-order valence-electron chi connectivity index (χ2n) is 3.71. The molecule has 0 saturated heterocycles. The van der Waals surface area contributed by atoms with Gasteiger partial charge in [0.2, 0.25) is 0 Å². The summed E-state index contributed by atoms with van der Waals surface area (Å²) in [6.07, 6.45) is -3.33. The van der Waals surface area contributed by atoms with E-state index in [4.69, 9.17) is 0 Å². The molecule has 0 amide bonds. The number of nitrogens with zero attached hydrogens (tertiary/aromatic N) is 1. The van der Waals surface area contributed by atoms with Crippen LogP contribution in [0.1, 0.15) is 5.56 Å². The number of ether oxygens (including phenoxy) is 1. The van der Waals surface area contributed by atoms with Gasteiger partial charge in [-0.3, -0.25) is 4.98 Å². The molecule has 0 atom stereocenters. The van der Waals surface area contributed by atoms with Crippen LogP contribution >= 0.6 is 0 Å².